The minimum Gasteiger partial charge on any atom is -0.492 e. The van der Waals surface area contributed by atoms with Crippen LogP contribution in [0.5, 0.6) is 0 Å². The predicted molar refractivity (Wildman–Crippen MR) is 84.1 cm³/mol. The molecule has 0 saturated carbocycles. The minimum atomic E-state index is 0.0811. The Kier molecular flexibility index (Phi) is 3.71. The number of morpholine rings is 1. The molecule has 0 unspecified atom stereocenters. The van der Waals surface area contributed by atoms with Crippen LogP contribution in [0, 0.1) is 6.92 Å². The van der Waals surface area contributed by atoms with E-state index in [0.717, 1.165) is 33.8 Å². The van der Waals surface area contributed by atoms with Crippen LogP contribution in [0.25, 0.3) is 11.3 Å². The molecule has 0 N–H and O–H groups in total. The van der Waals surface area contributed by atoms with E-state index in [1.165, 1.54) is 0 Å². The normalized spacial score (nSPS) is 18.7. The van der Waals surface area contributed by atoms with Crippen LogP contribution in [-0.4, -0.2) is 29.2 Å². The van der Waals surface area contributed by atoms with Gasteiger partial charge in [0.25, 0.3) is 0 Å². The van der Waals surface area contributed by atoms with Crippen molar-refractivity contribution in [2.45, 2.75) is 20.0 Å². The summed E-state index contributed by atoms with van der Waals surface area (Å²) in [4.78, 5) is 11.2. The first kappa shape index (κ1) is 14.1. The monoisotopic (exact) mass is 349 g/mol. The third-order valence-corrected chi connectivity index (χ3v) is 3.92. The molecule has 1 fully saturated rings. The van der Waals surface area contributed by atoms with E-state index in [9.17, 15) is 0 Å². The van der Waals surface area contributed by atoms with Gasteiger partial charge in [0.05, 0.1) is 29.5 Å². The molecule has 1 aliphatic heterocycles. The molecular weight excluding hydrogens is 334 g/mol. The zero-order valence-electron chi connectivity index (χ0n) is 12.0. The van der Waals surface area contributed by atoms with E-state index in [2.05, 4.69) is 37.4 Å². The van der Waals surface area contributed by atoms with E-state index in [0.29, 0.717) is 12.5 Å². The van der Waals surface area contributed by atoms with Crippen LogP contribution in [0.4, 0.5) is 5.95 Å². The molecule has 110 valence electrons. The molecule has 1 atom stereocenters. The molecule has 2 aromatic rings. The summed E-state index contributed by atoms with van der Waals surface area (Å²) in [6.07, 6.45) is 3.52. The summed E-state index contributed by atoms with van der Waals surface area (Å²) >= 11 is 3.51. The molecule has 0 aliphatic carbocycles. The second-order valence-corrected chi connectivity index (χ2v) is 5.96. The highest BCUT2D eigenvalue weighted by Gasteiger charge is 2.23. The van der Waals surface area contributed by atoms with Gasteiger partial charge in [-0.3, -0.25) is 0 Å². The quantitative estimate of drug-likeness (QED) is 0.829. The number of halogens is 1. The van der Waals surface area contributed by atoms with Crippen LogP contribution in [0.15, 0.2) is 39.8 Å². The third kappa shape index (κ3) is 2.81. The van der Waals surface area contributed by atoms with Crippen molar-refractivity contribution in [3.05, 3.63) is 41.1 Å². The van der Waals surface area contributed by atoms with Crippen LogP contribution >= 0.6 is 15.9 Å². The number of nitrogens with zero attached hydrogens (tertiary/aromatic N) is 3. The standard InChI is InChI=1S/C15H16BrN3O2/c1-9-7-19(8-10(2)21-9)15-17-6-13(16)14(18-15)12-4-5-20-11(12)3/h4-6,10H,1,7-8H2,2-3H3/t10-/m0/s1. The molecule has 0 amide bonds. The second-order valence-electron chi connectivity index (χ2n) is 5.10. The van der Waals surface area contributed by atoms with E-state index in [-0.39, 0.29) is 6.10 Å². The highest BCUT2D eigenvalue weighted by Crippen LogP contribution is 2.31. The SMILES string of the molecule is C=C1CN(c2ncc(Br)c(-c3ccoc3C)n2)C[C@H](C)O1. The summed E-state index contributed by atoms with van der Waals surface area (Å²) < 4.78 is 11.8. The summed E-state index contributed by atoms with van der Waals surface area (Å²) in [6, 6.07) is 1.91. The van der Waals surface area contributed by atoms with Gasteiger partial charge >= 0.3 is 0 Å². The van der Waals surface area contributed by atoms with Crippen molar-refractivity contribution in [2.75, 3.05) is 18.0 Å². The average molecular weight is 350 g/mol. The molecule has 3 rings (SSSR count). The number of rotatable bonds is 2. The van der Waals surface area contributed by atoms with E-state index in [1.54, 1.807) is 12.5 Å². The zero-order valence-corrected chi connectivity index (χ0v) is 13.6. The Bertz CT molecular complexity index is 683. The summed E-state index contributed by atoms with van der Waals surface area (Å²) in [5, 5.41) is 0. The molecule has 0 radical (unpaired) electrons. The van der Waals surface area contributed by atoms with Crippen LogP contribution < -0.4 is 4.90 Å². The number of aromatic nitrogens is 2. The molecule has 0 bridgehead atoms. The molecular formula is C15H16BrN3O2. The Morgan fingerprint density at radius 3 is 2.95 bits per heavy atom. The fourth-order valence-electron chi connectivity index (χ4n) is 2.43. The molecule has 5 nitrogen and oxygen atoms in total. The smallest absolute Gasteiger partial charge is 0.226 e. The van der Waals surface area contributed by atoms with E-state index in [1.807, 2.05) is 19.9 Å². The Hall–Kier alpha value is -1.82. The highest BCUT2D eigenvalue weighted by molar-refractivity contribution is 9.10. The van der Waals surface area contributed by atoms with Gasteiger partial charge in [-0.05, 0) is 35.8 Å². The summed E-state index contributed by atoms with van der Waals surface area (Å²) in [6.45, 7) is 9.18. The van der Waals surface area contributed by atoms with Crippen molar-refractivity contribution in [3.63, 3.8) is 0 Å². The van der Waals surface area contributed by atoms with Gasteiger partial charge < -0.3 is 14.1 Å². The Morgan fingerprint density at radius 2 is 2.29 bits per heavy atom. The van der Waals surface area contributed by atoms with Crippen LogP contribution in [0.3, 0.4) is 0 Å². The molecule has 1 saturated heterocycles. The van der Waals surface area contributed by atoms with Crippen molar-refractivity contribution in [1.29, 1.82) is 0 Å². The van der Waals surface area contributed by atoms with E-state index < -0.39 is 0 Å². The van der Waals surface area contributed by atoms with E-state index in [4.69, 9.17) is 9.15 Å². The maximum absolute atomic E-state index is 5.57. The first-order valence-electron chi connectivity index (χ1n) is 6.71. The Morgan fingerprint density at radius 1 is 1.48 bits per heavy atom. The fourth-order valence-corrected chi connectivity index (χ4v) is 2.83. The van der Waals surface area contributed by atoms with Crippen LogP contribution in [0.2, 0.25) is 0 Å². The van der Waals surface area contributed by atoms with Crippen molar-refractivity contribution >= 4 is 21.9 Å². The Labute approximate surface area is 131 Å². The van der Waals surface area contributed by atoms with Crippen molar-refractivity contribution in [2.24, 2.45) is 0 Å². The lowest BCUT2D eigenvalue weighted by Gasteiger charge is -2.33. The largest absolute Gasteiger partial charge is 0.492 e. The number of anilines is 1. The maximum Gasteiger partial charge on any atom is 0.226 e. The summed E-state index contributed by atoms with van der Waals surface area (Å²) in [7, 11) is 0. The lowest BCUT2D eigenvalue weighted by molar-refractivity contribution is 0.113. The van der Waals surface area contributed by atoms with Crippen molar-refractivity contribution < 1.29 is 9.15 Å². The molecule has 21 heavy (non-hydrogen) atoms. The van der Waals surface area contributed by atoms with Gasteiger partial charge in [-0.1, -0.05) is 6.58 Å². The number of furan rings is 1. The molecule has 3 heterocycles. The van der Waals surface area contributed by atoms with Gasteiger partial charge in [0, 0.05) is 11.8 Å². The minimum absolute atomic E-state index is 0.0811. The lowest BCUT2D eigenvalue weighted by atomic mass is 10.2. The van der Waals surface area contributed by atoms with Crippen LogP contribution in [0.1, 0.15) is 12.7 Å². The second kappa shape index (κ2) is 5.52. The van der Waals surface area contributed by atoms with Crippen LogP contribution in [-0.2, 0) is 4.74 Å². The maximum atomic E-state index is 5.57. The number of aryl methyl sites for hydroxylation is 1. The number of hydrogen-bond acceptors (Lipinski definition) is 5. The topological polar surface area (TPSA) is 51.4 Å². The van der Waals surface area contributed by atoms with E-state index >= 15 is 0 Å². The zero-order chi connectivity index (χ0) is 15.0. The van der Waals surface area contributed by atoms with Gasteiger partial charge in [0.2, 0.25) is 5.95 Å². The predicted octanol–water partition coefficient (Wildman–Crippen LogP) is 3.55. The molecule has 0 spiro atoms. The number of ether oxygens (including phenoxy) is 1. The Balaban J connectivity index is 1.98. The van der Waals surface area contributed by atoms with Gasteiger partial charge in [-0.25, -0.2) is 9.97 Å². The van der Waals surface area contributed by atoms with Gasteiger partial charge in [0.15, 0.2) is 0 Å². The van der Waals surface area contributed by atoms with Gasteiger partial charge in [-0.2, -0.15) is 0 Å². The first-order chi connectivity index (χ1) is 10.0. The third-order valence-electron chi connectivity index (χ3n) is 3.34. The lowest BCUT2D eigenvalue weighted by Crippen LogP contribution is -2.40. The fraction of sp³-hybridized carbons (Fsp3) is 0.333. The molecule has 0 aromatic carbocycles. The summed E-state index contributed by atoms with van der Waals surface area (Å²) in [5.41, 5.74) is 1.79. The molecule has 2 aromatic heterocycles. The summed E-state index contributed by atoms with van der Waals surface area (Å²) in [5.74, 6) is 2.24. The molecule has 1 aliphatic rings. The molecule has 6 heteroatoms. The first-order valence-corrected chi connectivity index (χ1v) is 7.50. The van der Waals surface area contributed by atoms with Gasteiger partial charge in [-0.15, -0.1) is 0 Å². The highest BCUT2D eigenvalue weighted by atomic mass is 79.9. The number of hydrogen-bond donors (Lipinski definition) is 0. The van der Waals surface area contributed by atoms with Crippen molar-refractivity contribution in [1.82, 2.24) is 9.97 Å². The van der Waals surface area contributed by atoms with Crippen molar-refractivity contribution in [3.8, 4) is 11.3 Å². The van der Waals surface area contributed by atoms with Gasteiger partial charge in [0.1, 0.15) is 17.6 Å². The average Bonchev–Trinajstić information content (AvgIpc) is 2.84.